The lowest BCUT2D eigenvalue weighted by Crippen LogP contribution is -2.45. The Balaban J connectivity index is 2.87. The van der Waals surface area contributed by atoms with Gasteiger partial charge < -0.3 is 23.5 Å². The zero-order chi connectivity index (χ0) is 24.6. The Hall–Kier alpha value is -2.56. The quantitative estimate of drug-likeness (QED) is 0.144. The highest BCUT2D eigenvalue weighted by Crippen LogP contribution is 2.52. The molecule has 11 nitrogen and oxygen atoms in total. The summed E-state index contributed by atoms with van der Waals surface area (Å²) in [5, 5.41) is 13.1. The molecule has 2 unspecified atom stereocenters. The second-order valence-corrected chi connectivity index (χ2v) is 7.83. The number of nitrogens with zero attached hydrogens (tertiary/aromatic N) is 2. The molecule has 1 aromatic carbocycles. The third kappa shape index (κ3) is 5.34. The second kappa shape index (κ2) is 12.1. The summed E-state index contributed by atoms with van der Waals surface area (Å²) in [5.74, 6) is -0.755. The number of nitro groups is 1. The summed E-state index contributed by atoms with van der Waals surface area (Å²) in [7, 11) is 2.56. The molecule has 0 bridgehead atoms. The van der Waals surface area contributed by atoms with E-state index in [-0.39, 0.29) is 48.6 Å². The molecule has 12 heteroatoms. The summed E-state index contributed by atoms with van der Waals surface area (Å²) >= 11 is 0. The van der Waals surface area contributed by atoms with Gasteiger partial charge in [-0.15, -0.1) is 0 Å². The van der Waals surface area contributed by atoms with Crippen molar-refractivity contribution in [2.45, 2.75) is 19.4 Å². The van der Waals surface area contributed by atoms with Gasteiger partial charge in [-0.05, 0) is 13.8 Å². The highest BCUT2D eigenvalue weighted by molar-refractivity contribution is 7.29. The molecule has 2 rings (SSSR count). The summed E-state index contributed by atoms with van der Waals surface area (Å²) in [6.07, 6.45) is 0. The van der Waals surface area contributed by atoms with Crippen molar-refractivity contribution >= 4 is 20.1 Å². The normalized spacial score (nSPS) is 19.0. The zero-order valence-electron chi connectivity index (χ0n) is 19.3. The Kier molecular flexibility index (Phi) is 9.75. The number of nitro benzene ring substituents is 1. The van der Waals surface area contributed by atoms with Crippen molar-refractivity contribution in [3.8, 4) is 0 Å². The number of hydrogen-bond acceptors (Lipinski definition) is 10. The van der Waals surface area contributed by atoms with E-state index < -0.39 is 25.0 Å². The minimum atomic E-state index is -1.70. The molecular formula is C21H29N2O9P. The molecule has 0 saturated heterocycles. The van der Waals surface area contributed by atoms with E-state index >= 15 is 0 Å². The van der Waals surface area contributed by atoms with E-state index in [2.05, 4.69) is 0 Å². The number of rotatable bonds is 12. The van der Waals surface area contributed by atoms with Crippen molar-refractivity contribution in [2.24, 2.45) is 0 Å². The topological polar surface area (TPSA) is 127 Å². The zero-order valence-corrected chi connectivity index (χ0v) is 20.4. The molecule has 0 fully saturated rings. The molecule has 1 aromatic rings. The third-order valence-corrected chi connectivity index (χ3v) is 6.24. The van der Waals surface area contributed by atoms with E-state index in [1.165, 1.54) is 44.6 Å². The van der Waals surface area contributed by atoms with E-state index in [4.69, 9.17) is 23.8 Å². The van der Waals surface area contributed by atoms with Gasteiger partial charge in [-0.25, -0.2) is 9.86 Å². The van der Waals surface area contributed by atoms with E-state index in [1.807, 2.05) is 0 Å². The third-order valence-electron chi connectivity index (χ3n) is 5.18. The number of allylic oxidation sites excluding steroid dienone is 2. The minimum absolute atomic E-state index is 0.00275. The van der Waals surface area contributed by atoms with Gasteiger partial charge in [0.05, 0.1) is 63.9 Å². The number of non-ortho nitro benzene ring substituents is 1. The maximum atomic E-state index is 13.1. The predicted molar refractivity (Wildman–Crippen MR) is 120 cm³/mol. The molecule has 1 aliphatic heterocycles. The van der Waals surface area contributed by atoms with Gasteiger partial charge in [-0.2, -0.15) is 0 Å². The van der Waals surface area contributed by atoms with Crippen LogP contribution < -0.4 is 0 Å². The molecule has 0 amide bonds. The monoisotopic (exact) mass is 484 g/mol. The molecule has 2 atom stereocenters. The lowest BCUT2D eigenvalue weighted by atomic mass is 9.81. The maximum absolute atomic E-state index is 13.1. The fourth-order valence-corrected chi connectivity index (χ4v) is 4.57. The first kappa shape index (κ1) is 26.7. The van der Waals surface area contributed by atoms with Crippen LogP contribution in [0.2, 0.25) is 0 Å². The fraction of sp³-hybridized carbons (Fsp3) is 0.476. The van der Waals surface area contributed by atoms with Crippen LogP contribution in [0.1, 0.15) is 19.4 Å². The molecule has 1 heterocycles. The first-order valence-electron chi connectivity index (χ1n) is 10.1. The van der Waals surface area contributed by atoms with Crippen LogP contribution in [-0.4, -0.2) is 63.7 Å². The Morgan fingerprint density at radius 1 is 1.09 bits per heavy atom. The minimum Gasteiger partial charge on any atom is -0.466 e. The molecular weight excluding hydrogens is 455 g/mol. The number of carbonyl (C=O) groups is 1. The number of ether oxygens (including phenoxy) is 4. The number of esters is 1. The summed E-state index contributed by atoms with van der Waals surface area (Å²) < 4.78 is 34.1. The van der Waals surface area contributed by atoms with Gasteiger partial charge in [0.25, 0.3) is 5.69 Å². The van der Waals surface area contributed by atoms with Crippen LogP contribution in [0.4, 0.5) is 5.69 Å². The van der Waals surface area contributed by atoms with Gasteiger partial charge >= 0.3 is 5.97 Å². The first-order chi connectivity index (χ1) is 15.8. The van der Waals surface area contributed by atoms with E-state index in [0.717, 1.165) is 0 Å². The van der Waals surface area contributed by atoms with Crippen molar-refractivity contribution in [1.82, 2.24) is 5.06 Å². The molecule has 0 N–H and O–H groups in total. The second-order valence-electron chi connectivity index (χ2n) is 7.02. The summed E-state index contributed by atoms with van der Waals surface area (Å²) in [5.41, 5.74) is -0.879. The maximum Gasteiger partial charge on any atom is 0.339 e. The molecule has 0 aromatic heterocycles. The molecule has 0 saturated carbocycles. The van der Waals surface area contributed by atoms with Crippen LogP contribution in [-0.2, 0) is 38.7 Å². The van der Waals surface area contributed by atoms with Crippen LogP contribution in [0.3, 0.4) is 0 Å². The van der Waals surface area contributed by atoms with Gasteiger partial charge in [0.1, 0.15) is 0 Å². The van der Waals surface area contributed by atoms with Crippen molar-refractivity contribution in [3.63, 3.8) is 0 Å². The molecule has 0 spiro atoms. The Morgan fingerprint density at radius 3 is 2.33 bits per heavy atom. The molecule has 1 aliphatic rings. The number of hydroxylamine groups is 2. The van der Waals surface area contributed by atoms with Crippen molar-refractivity contribution in [2.75, 3.05) is 47.8 Å². The van der Waals surface area contributed by atoms with Crippen LogP contribution in [0.25, 0.3) is 0 Å². The lowest BCUT2D eigenvalue weighted by Gasteiger charge is -2.44. The van der Waals surface area contributed by atoms with Gasteiger partial charge in [0.2, 0.25) is 0 Å². The fourth-order valence-electron chi connectivity index (χ4n) is 3.72. The van der Waals surface area contributed by atoms with Crippen molar-refractivity contribution in [3.05, 3.63) is 62.2 Å². The summed E-state index contributed by atoms with van der Waals surface area (Å²) in [6, 6.07) is 5.68. The van der Waals surface area contributed by atoms with Crippen LogP contribution in [0.15, 0.2) is 46.5 Å². The SMILES string of the molecule is COCCON1C(C)=C([PH2]=O)C(OCCOC)(c2cccc([N+](=O)[O-])c2)C(C(=O)OC)=C1C. The predicted octanol–water partition coefficient (Wildman–Crippen LogP) is 2.78. The highest BCUT2D eigenvalue weighted by atomic mass is 31.1. The standard InChI is InChI=1S/C21H29N2O9P/c1-14-18(20(24)30-5)21(31-11-9-28-3,16-7-6-8-17(13-16)23(25)26)19(33-27)15(2)22(14)32-12-10-29-4/h6-8,13H,9-12,33H2,1-5H3. The van der Waals surface area contributed by atoms with Crippen LogP contribution >= 0.6 is 8.46 Å². The smallest absolute Gasteiger partial charge is 0.339 e. The van der Waals surface area contributed by atoms with E-state index in [1.54, 1.807) is 19.9 Å². The van der Waals surface area contributed by atoms with Gasteiger partial charge in [0.15, 0.2) is 5.60 Å². The Morgan fingerprint density at radius 2 is 1.76 bits per heavy atom. The largest absolute Gasteiger partial charge is 0.466 e. The number of hydrogen-bond donors (Lipinski definition) is 0. The van der Waals surface area contributed by atoms with Gasteiger partial charge in [-0.1, -0.05) is 12.1 Å². The average molecular weight is 484 g/mol. The Labute approximate surface area is 193 Å². The van der Waals surface area contributed by atoms with E-state index in [9.17, 15) is 19.5 Å². The molecule has 0 aliphatic carbocycles. The molecule has 182 valence electrons. The van der Waals surface area contributed by atoms with Gasteiger partial charge in [0, 0.05) is 37.2 Å². The van der Waals surface area contributed by atoms with E-state index in [0.29, 0.717) is 11.4 Å². The number of carbonyl (C=O) groups excluding carboxylic acids is 1. The molecule has 0 radical (unpaired) electrons. The highest BCUT2D eigenvalue weighted by Gasteiger charge is 2.51. The number of methoxy groups -OCH3 is 3. The average Bonchev–Trinajstić information content (AvgIpc) is 2.81. The van der Waals surface area contributed by atoms with Crippen molar-refractivity contribution < 1.29 is 38.1 Å². The number of benzene rings is 1. The summed E-state index contributed by atoms with van der Waals surface area (Å²) in [6.45, 7) is 3.92. The van der Waals surface area contributed by atoms with Crippen LogP contribution in [0.5, 0.6) is 0 Å². The Bertz CT molecular complexity index is 963. The van der Waals surface area contributed by atoms with Crippen molar-refractivity contribution in [1.29, 1.82) is 0 Å². The molecule has 33 heavy (non-hydrogen) atoms. The first-order valence-corrected chi connectivity index (χ1v) is 11.1. The van der Waals surface area contributed by atoms with Crippen LogP contribution in [0, 0.1) is 10.1 Å². The lowest BCUT2D eigenvalue weighted by molar-refractivity contribution is -0.385. The van der Waals surface area contributed by atoms with Gasteiger partial charge in [-0.3, -0.25) is 15.0 Å². The summed E-state index contributed by atoms with van der Waals surface area (Å²) in [4.78, 5) is 29.8.